The molecule has 5 nitrogen and oxygen atoms in total. The van der Waals surface area contributed by atoms with Crippen molar-refractivity contribution >= 4 is 15.8 Å². The molecule has 0 heterocycles. The molecule has 130 valence electrons. The highest BCUT2D eigenvalue weighted by atomic mass is 32.2. The van der Waals surface area contributed by atoms with Gasteiger partial charge in [0.05, 0.1) is 10.6 Å². The molecule has 0 aliphatic heterocycles. The van der Waals surface area contributed by atoms with Gasteiger partial charge in [0.15, 0.2) is 15.8 Å². The molecule has 1 atom stereocenters. The third-order valence-corrected chi connectivity index (χ3v) is 5.60. The molecule has 1 rings (SSSR count). The van der Waals surface area contributed by atoms with E-state index in [-0.39, 0.29) is 11.8 Å². The smallest absolute Gasteiger partial charge is 0.193 e. The Morgan fingerprint density at radius 3 is 2.43 bits per heavy atom. The Morgan fingerprint density at radius 1 is 1.26 bits per heavy atom. The zero-order valence-corrected chi connectivity index (χ0v) is 15.4. The average Bonchev–Trinajstić information content (AvgIpc) is 2.57. The fraction of sp³-hybridized carbons (Fsp3) is 0.588. The maximum absolute atomic E-state index is 12.5. The normalized spacial score (nSPS) is 13.7. The highest BCUT2D eigenvalue weighted by Crippen LogP contribution is 2.12. The minimum Gasteiger partial charge on any atom is -0.352 e. The summed E-state index contributed by atoms with van der Waals surface area (Å²) in [5.41, 5.74) is 0. The first-order valence-electron chi connectivity index (χ1n) is 8.16. The molecule has 1 N–H and O–H groups in total. The maximum atomic E-state index is 12.5. The van der Waals surface area contributed by atoms with Crippen LogP contribution in [0.1, 0.15) is 33.1 Å². The van der Waals surface area contributed by atoms with Crippen LogP contribution in [0.5, 0.6) is 0 Å². The summed E-state index contributed by atoms with van der Waals surface area (Å²) < 4.78 is 25.0. The van der Waals surface area contributed by atoms with Crippen LogP contribution in [0.3, 0.4) is 0 Å². The van der Waals surface area contributed by atoms with Gasteiger partial charge in [-0.15, -0.1) is 0 Å². The van der Waals surface area contributed by atoms with Gasteiger partial charge >= 0.3 is 0 Å². The predicted molar refractivity (Wildman–Crippen MR) is 96.6 cm³/mol. The summed E-state index contributed by atoms with van der Waals surface area (Å²) in [5, 5.41) is 3.28. The number of benzene rings is 1. The predicted octanol–water partition coefficient (Wildman–Crippen LogP) is 2.55. The minimum atomic E-state index is -3.30. The van der Waals surface area contributed by atoms with Crippen LogP contribution in [0, 0.1) is 0 Å². The molecule has 1 unspecified atom stereocenters. The van der Waals surface area contributed by atoms with Crippen LogP contribution >= 0.6 is 0 Å². The molecule has 0 aromatic heterocycles. The Labute approximate surface area is 140 Å². The first kappa shape index (κ1) is 19.5. The van der Waals surface area contributed by atoms with E-state index < -0.39 is 9.84 Å². The lowest BCUT2D eigenvalue weighted by Crippen LogP contribution is -2.47. The van der Waals surface area contributed by atoms with Gasteiger partial charge in [-0.25, -0.2) is 8.42 Å². The number of hydrogen-bond donors (Lipinski definition) is 1. The van der Waals surface area contributed by atoms with Gasteiger partial charge in [0, 0.05) is 26.7 Å². The second kappa shape index (κ2) is 9.55. The summed E-state index contributed by atoms with van der Waals surface area (Å²) in [4.78, 5) is 6.68. The van der Waals surface area contributed by atoms with Gasteiger partial charge < -0.3 is 10.2 Å². The molecule has 0 fully saturated rings. The van der Waals surface area contributed by atoms with Gasteiger partial charge in [0.1, 0.15) is 0 Å². The Hall–Kier alpha value is -1.56. The summed E-state index contributed by atoms with van der Waals surface area (Å²) in [6, 6.07) is 8.44. The SMILES string of the molecule is CCCCN(C)C(=NC)NC(CC)CS(=O)(=O)c1ccccc1. The number of nitrogens with one attached hydrogen (secondary N) is 1. The maximum Gasteiger partial charge on any atom is 0.193 e. The first-order chi connectivity index (χ1) is 10.9. The molecule has 0 bridgehead atoms. The van der Waals surface area contributed by atoms with Crippen molar-refractivity contribution in [2.24, 2.45) is 4.99 Å². The summed E-state index contributed by atoms with van der Waals surface area (Å²) in [6.07, 6.45) is 2.91. The van der Waals surface area contributed by atoms with Crippen molar-refractivity contribution in [3.63, 3.8) is 0 Å². The van der Waals surface area contributed by atoms with E-state index >= 15 is 0 Å². The highest BCUT2D eigenvalue weighted by Gasteiger charge is 2.21. The van der Waals surface area contributed by atoms with Crippen molar-refractivity contribution in [1.82, 2.24) is 10.2 Å². The summed E-state index contributed by atoms with van der Waals surface area (Å²) in [6.45, 7) is 5.03. The minimum absolute atomic E-state index is 0.0636. The molecule has 0 spiro atoms. The van der Waals surface area contributed by atoms with Crippen molar-refractivity contribution in [3.8, 4) is 0 Å². The first-order valence-corrected chi connectivity index (χ1v) is 9.82. The zero-order valence-electron chi connectivity index (χ0n) is 14.6. The number of aliphatic imine (C=N–C) groups is 1. The molecule has 0 amide bonds. The van der Waals surface area contributed by atoms with E-state index in [0.29, 0.717) is 11.3 Å². The van der Waals surface area contributed by atoms with Crippen molar-refractivity contribution in [2.75, 3.05) is 26.4 Å². The van der Waals surface area contributed by atoms with Gasteiger partial charge in [-0.1, -0.05) is 38.5 Å². The molecule has 6 heteroatoms. The number of sulfone groups is 1. The summed E-state index contributed by atoms with van der Waals surface area (Å²) in [7, 11) is 0.397. The summed E-state index contributed by atoms with van der Waals surface area (Å²) >= 11 is 0. The average molecular weight is 340 g/mol. The van der Waals surface area contributed by atoms with Gasteiger partial charge in [-0.3, -0.25) is 4.99 Å². The Balaban J connectivity index is 2.77. The largest absolute Gasteiger partial charge is 0.352 e. The fourth-order valence-electron chi connectivity index (χ4n) is 2.28. The second-order valence-corrected chi connectivity index (χ2v) is 7.70. The van der Waals surface area contributed by atoms with Crippen LogP contribution in [0.2, 0.25) is 0 Å². The monoisotopic (exact) mass is 339 g/mol. The molecule has 1 aromatic rings. The van der Waals surface area contributed by atoms with Crippen LogP contribution < -0.4 is 5.32 Å². The van der Waals surface area contributed by atoms with Gasteiger partial charge in [-0.2, -0.15) is 0 Å². The Morgan fingerprint density at radius 2 is 1.91 bits per heavy atom. The number of hydrogen-bond acceptors (Lipinski definition) is 3. The fourth-order valence-corrected chi connectivity index (χ4v) is 3.89. The van der Waals surface area contributed by atoms with Gasteiger partial charge in [0.2, 0.25) is 0 Å². The van der Waals surface area contributed by atoms with Crippen molar-refractivity contribution in [3.05, 3.63) is 30.3 Å². The van der Waals surface area contributed by atoms with Crippen LogP contribution in [-0.2, 0) is 9.84 Å². The zero-order chi connectivity index (χ0) is 17.3. The van der Waals surface area contributed by atoms with E-state index in [9.17, 15) is 8.42 Å². The number of rotatable bonds is 8. The molecular weight excluding hydrogens is 310 g/mol. The van der Waals surface area contributed by atoms with Crippen LogP contribution in [0.4, 0.5) is 0 Å². The van der Waals surface area contributed by atoms with Crippen molar-refractivity contribution in [1.29, 1.82) is 0 Å². The quantitative estimate of drug-likeness (QED) is 0.584. The Kier molecular flexibility index (Phi) is 8.09. The van der Waals surface area contributed by atoms with E-state index in [2.05, 4.69) is 17.2 Å². The summed E-state index contributed by atoms with van der Waals surface area (Å²) in [5.74, 6) is 0.808. The van der Waals surface area contributed by atoms with Crippen molar-refractivity contribution < 1.29 is 8.42 Å². The molecule has 0 saturated carbocycles. The lowest BCUT2D eigenvalue weighted by molar-refractivity contribution is 0.451. The third-order valence-electron chi connectivity index (χ3n) is 3.77. The van der Waals surface area contributed by atoms with Crippen LogP contribution in [0.25, 0.3) is 0 Å². The van der Waals surface area contributed by atoms with Gasteiger partial charge in [0.25, 0.3) is 0 Å². The van der Waals surface area contributed by atoms with Crippen molar-refractivity contribution in [2.45, 2.75) is 44.0 Å². The second-order valence-electron chi connectivity index (χ2n) is 5.67. The lowest BCUT2D eigenvalue weighted by atomic mass is 10.2. The van der Waals surface area contributed by atoms with E-state index in [1.54, 1.807) is 31.3 Å². The molecule has 1 aromatic carbocycles. The van der Waals surface area contributed by atoms with E-state index in [4.69, 9.17) is 0 Å². The molecule has 23 heavy (non-hydrogen) atoms. The van der Waals surface area contributed by atoms with Crippen LogP contribution in [0.15, 0.2) is 40.2 Å². The number of guanidine groups is 1. The van der Waals surface area contributed by atoms with E-state index in [1.165, 1.54) is 0 Å². The standard InChI is InChI=1S/C17H29N3O2S/c1-5-7-13-20(4)17(18-3)19-15(6-2)14-23(21,22)16-11-9-8-10-12-16/h8-12,15H,5-7,13-14H2,1-4H3,(H,18,19). The highest BCUT2D eigenvalue weighted by molar-refractivity contribution is 7.91. The molecule has 0 saturated heterocycles. The third kappa shape index (κ3) is 6.22. The lowest BCUT2D eigenvalue weighted by Gasteiger charge is -2.26. The molecule has 0 radical (unpaired) electrons. The number of unbranched alkanes of at least 4 members (excludes halogenated alkanes) is 1. The molecular formula is C17H29N3O2S. The Bertz CT molecular complexity index is 585. The number of nitrogens with zero attached hydrogens (tertiary/aromatic N) is 2. The van der Waals surface area contributed by atoms with E-state index in [0.717, 1.165) is 25.3 Å². The van der Waals surface area contributed by atoms with E-state index in [1.807, 2.05) is 24.9 Å². The van der Waals surface area contributed by atoms with Gasteiger partial charge in [-0.05, 0) is 25.0 Å². The topological polar surface area (TPSA) is 61.8 Å². The van der Waals surface area contributed by atoms with Crippen LogP contribution in [-0.4, -0.2) is 51.7 Å². The molecule has 0 aliphatic carbocycles. The molecule has 0 aliphatic rings.